The number of H-pyrrole nitrogens is 1. The van der Waals surface area contributed by atoms with Crippen LogP contribution in [0, 0.1) is 6.92 Å². The summed E-state index contributed by atoms with van der Waals surface area (Å²) in [4.78, 5) is 34.7. The number of para-hydroxylation sites is 1. The molecule has 0 saturated carbocycles. The van der Waals surface area contributed by atoms with Crippen LogP contribution in [0.3, 0.4) is 0 Å². The summed E-state index contributed by atoms with van der Waals surface area (Å²) in [6.45, 7) is 2.54. The average Bonchev–Trinajstić information content (AvgIpc) is 3.12. The van der Waals surface area contributed by atoms with Crippen LogP contribution in [0.1, 0.15) is 36.9 Å². The Labute approximate surface area is 182 Å². The summed E-state index contributed by atoms with van der Waals surface area (Å²) in [6, 6.07) is 8.29. The Morgan fingerprint density at radius 3 is 2.84 bits per heavy atom. The lowest BCUT2D eigenvalue weighted by Crippen LogP contribution is -2.51. The van der Waals surface area contributed by atoms with E-state index in [0.717, 1.165) is 17.6 Å². The molecule has 1 saturated heterocycles. The number of aromatic amines is 1. The van der Waals surface area contributed by atoms with Gasteiger partial charge in [0.05, 0.1) is 24.7 Å². The molecule has 4 N–H and O–H groups in total. The third kappa shape index (κ3) is 6.91. The van der Waals surface area contributed by atoms with Crippen LogP contribution in [-0.4, -0.2) is 55.5 Å². The van der Waals surface area contributed by atoms with Gasteiger partial charge in [-0.2, -0.15) is 0 Å². The van der Waals surface area contributed by atoms with Crippen molar-refractivity contribution < 1.29 is 24.3 Å². The Bertz CT molecular complexity index is 1010. The Balaban J connectivity index is 1.41. The van der Waals surface area contributed by atoms with E-state index >= 15 is 0 Å². The summed E-state index contributed by atoms with van der Waals surface area (Å²) < 4.78 is 10.8. The number of hydrogen-bond acceptors (Lipinski definition) is 3. The number of aryl methyl sites for hydroxylation is 2. The molecule has 0 aliphatic carbocycles. The fraction of sp³-hybridized carbons (Fsp3) is 0.435. The lowest BCUT2D eigenvalue weighted by atomic mass is 10.00. The van der Waals surface area contributed by atoms with E-state index in [-0.39, 0.29) is 18.1 Å². The molecule has 168 valence electrons. The molecule has 0 bridgehead atoms. The maximum Gasteiger partial charge on any atom is 0.325 e. The van der Waals surface area contributed by atoms with Crippen molar-refractivity contribution in [1.82, 2.24) is 9.88 Å². The zero-order chi connectivity index (χ0) is 22.4. The standard InChI is InChI=1S/C23H31N2O5P/c1-17-7-6-8-18-15-19(24-23(17)18)9-11-21(26)12-10-20-16-22(27)25(20)13-4-2-3-5-14-31(28,29)30/h2,4,6-8,10,12,15,20-21,24,26H,3,5,9,11,13-14,16H2,1H3,(H2,28,29,30)/b4-2-,12-10+/t20-,21?/m0/s1. The Kier molecular flexibility index (Phi) is 7.89. The highest BCUT2D eigenvalue weighted by molar-refractivity contribution is 7.51. The maximum absolute atomic E-state index is 11.8. The lowest BCUT2D eigenvalue weighted by Gasteiger charge is -2.38. The number of hydrogen-bond donors (Lipinski definition) is 4. The highest BCUT2D eigenvalue weighted by Crippen LogP contribution is 2.35. The molecule has 0 radical (unpaired) electrons. The van der Waals surface area contributed by atoms with E-state index in [1.54, 1.807) is 11.0 Å². The molecule has 1 fully saturated rings. The van der Waals surface area contributed by atoms with Crippen LogP contribution in [0.2, 0.25) is 0 Å². The molecule has 2 atom stereocenters. The van der Waals surface area contributed by atoms with Gasteiger partial charge in [-0.3, -0.25) is 9.36 Å². The summed E-state index contributed by atoms with van der Waals surface area (Å²) in [5.41, 5.74) is 3.44. The van der Waals surface area contributed by atoms with Crippen molar-refractivity contribution in [3.8, 4) is 0 Å². The smallest absolute Gasteiger partial charge is 0.325 e. The van der Waals surface area contributed by atoms with Gasteiger partial charge in [-0.1, -0.05) is 42.5 Å². The topological polar surface area (TPSA) is 114 Å². The highest BCUT2D eigenvalue weighted by Gasteiger charge is 2.32. The fourth-order valence-electron chi connectivity index (χ4n) is 3.77. The number of rotatable bonds is 11. The summed E-state index contributed by atoms with van der Waals surface area (Å²) in [7, 11) is -3.94. The SMILES string of the molecule is Cc1cccc2cc(CCC(O)/C=C/[C@H]3CC(=O)N3C/C=C\CCCP(=O)(O)O)[nH]c12. The fourth-order valence-corrected chi connectivity index (χ4v) is 4.36. The number of aliphatic hydroxyl groups excluding tert-OH is 1. The van der Waals surface area contributed by atoms with Gasteiger partial charge in [-0.15, -0.1) is 0 Å². The third-order valence-corrected chi connectivity index (χ3v) is 6.48. The van der Waals surface area contributed by atoms with Crippen LogP contribution in [0.4, 0.5) is 0 Å². The molecule has 1 aromatic carbocycles. The van der Waals surface area contributed by atoms with Gasteiger partial charge in [-0.25, -0.2) is 0 Å². The van der Waals surface area contributed by atoms with E-state index in [1.807, 2.05) is 24.3 Å². The molecular formula is C23H31N2O5P. The lowest BCUT2D eigenvalue weighted by molar-refractivity contribution is -0.142. The number of likely N-dealkylation sites (tertiary alicyclic amines) is 1. The molecule has 7 nitrogen and oxygen atoms in total. The van der Waals surface area contributed by atoms with Crippen molar-refractivity contribution in [3.63, 3.8) is 0 Å². The van der Waals surface area contributed by atoms with Gasteiger partial charge in [-0.05, 0) is 49.6 Å². The number of fused-ring (bicyclic) bond motifs is 1. The molecular weight excluding hydrogens is 415 g/mol. The Hall–Kier alpha value is -2.18. The van der Waals surface area contributed by atoms with Gasteiger partial charge < -0.3 is 24.8 Å². The summed E-state index contributed by atoms with van der Waals surface area (Å²) in [5, 5.41) is 11.5. The second-order valence-electron chi connectivity index (χ2n) is 8.14. The zero-order valence-corrected chi connectivity index (χ0v) is 18.7. The number of aliphatic hydroxyl groups is 1. The van der Waals surface area contributed by atoms with Crippen LogP contribution in [0.15, 0.2) is 48.6 Å². The maximum atomic E-state index is 11.8. The molecule has 1 aliphatic heterocycles. The number of aromatic nitrogens is 1. The van der Waals surface area contributed by atoms with Crippen molar-refractivity contribution in [2.45, 2.75) is 51.2 Å². The van der Waals surface area contributed by atoms with Crippen molar-refractivity contribution in [1.29, 1.82) is 0 Å². The summed E-state index contributed by atoms with van der Waals surface area (Å²) in [5.74, 6) is 0.0671. The van der Waals surface area contributed by atoms with Crippen molar-refractivity contribution >= 4 is 24.4 Å². The first kappa shape index (κ1) is 23.5. The number of nitrogens with zero attached hydrogens (tertiary/aromatic N) is 1. The average molecular weight is 446 g/mol. The molecule has 0 spiro atoms. The molecule has 1 amide bonds. The predicted molar refractivity (Wildman–Crippen MR) is 122 cm³/mol. The largest absolute Gasteiger partial charge is 0.389 e. The highest BCUT2D eigenvalue weighted by atomic mass is 31.2. The van der Waals surface area contributed by atoms with Crippen LogP contribution in [-0.2, 0) is 15.8 Å². The number of unbranched alkanes of at least 4 members (excludes halogenated alkanes) is 1. The number of amides is 1. The second kappa shape index (κ2) is 10.4. The van der Waals surface area contributed by atoms with E-state index in [2.05, 4.69) is 30.1 Å². The number of β-lactam (4-membered cyclic amide) rings is 1. The first-order chi connectivity index (χ1) is 14.7. The Morgan fingerprint density at radius 1 is 1.32 bits per heavy atom. The second-order valence-corrected chi connectivity index (χ2v) is 9.92. The molecule has 2 heterocycles. The van der Waals surface area contributed by atoms with Crippen molar-refractivity contribution in [2.24, 2.45) is 0 Å². The minimum atomic E-state index is -3.94. The number of nitrogens with one attached hydrogen (secondary N) is 1. The predicted octanol–water partition coefficient (Wildman–Crippen LogP) is 3.44. The molecule has 31 heavy (non-hydrogen) atoms. The van der Waals surface area contributed by atoms with E-state index in [1.165, 1.54) is 10.9 Å². The van der Waals surface area contributed by atoms with Crippen molar-refractivity contribution in [3.05, 3.63) is 59.8 Å². The number of carbonyl (C=O) groups is 1. The van der Waals surface area contributed by atoms with Crippen LogP contribution in [0.5, 0.6) is 0 Å². The minimum Gasteiger partial charge on any atom is -0.389 e. The molecule has 3 rings (SSSR count). The number of benzene rings is 1. The first-order valence-corrected chi connectivity index (χ1v) is 12.5. The van der Waals surface area contributed by atoms with E-state index in [4.69, 9.17) is 9.79 Å². The van der Waals surface area contributed by atoms with E-state index < -0.39 is 13.7 Å². The summed E-state index contributed by atoms with van der Waals surface area (Å²) in [6.07, 6.45) is 9.42. The van der Waals surface area contributed by atoms with Gasteiger partial charge in [0.1, 0.15) is 0 Å². The normalized spacial score (nSPS) is 18.4. The number of allylic oxidation sites excluding steroid dienone is 1. The molecule has 1 aromatic heterocycles. The molecule has 1 aliphatic rings. The van der Waals surface area contributed by atoms with Gasteiger partial charge in [0.25, 0.3) is 0 Å². The number of carbonyl (C=O) groups excluding carboxylic acids is 1. The molecule has 1 unspecified atom stereocenters. The van der Waals surface area contributed by atoms with Gasteiger partial charge in [0.2, 0.25) is 5.91 Å². The molecule has 2 aromatic rings. The van der Waals surface area contributed by atoms with E-state index in [9.17, 15) is 14.5 Å². The molecule has 8 heteroatoms. The summed E-state index contributed by atoms with van der Waals surface area (Å²) >= 11 is 0. The van der Waals surface area contributed by atoms with Gasteiger partial charge in [0.15, 0.2) is 0 Å². The van der Waals surface area contributed by atoms with Gasteiger partial charge >= 0.3 is 7.60 Å². The quantitative estimate of drug-likeness (QED) is 0.183. The minimum absolute atomic E-state index is 0.0161. The first-order valence-electron chi connectivity index (χ1n) is 10.7. The zero-order valence-electron chi connectivity index (χ0n) is 17.8. The Morgan fingerprint density at radius 2 is 2.13 bits per heavy atom. The monoisotopic (exact) mass is 446 g/mol. The third-order valence-electron chi connectivity index (χ3n) is 5.58. The van der Waals surface area contributed by atoms with Gasteiger partial charge in [0, 0.05) is 17.8 Å². The van der Waals surface area contributed by atoms with Crippen molar-refractivity contribution in [2.75, 3.05) is 12.7 Å². The van der Waals surface area contributed by atoms with Crippen LogP contribution < -0.4 is 0 Å². The van der Waals surface area contributed by atoms with E-state index in [0.29, 0.717) is 32.2 Å². The van der Waals surface area contributed by atoms with Crippen LogP contribution >= 0.6 is 7.60 Å². The van der Waals surface area contributed by atoms with Crippen LogP contribution in [0.25, 0.3) is 10.9 Å².